The minimum atomic E-state index is -0.768. The Morgan fingerprint density at radius 2 is 2.00 bits per heavy atom. The lowest BCUT2D eigenvalue weighted by Gasteiger charge is -2.08. The number of pyridine rings is 1. The van der Waals surface area contributed by atoms with Crippen molar-refractivity contribution < 1.29 is 9.52 Å². The van der Waals surface area contributed by atoms with Crippen LogP contribution in [-0.2, 0) is 0 Å². The first-order valence-electron chi connectivity index (χ1n) is 5.83. The summed E-state index contributed by atoms with van der Waals surface area (Å²) in [5.74, 6) is 1.34. The average Bonchev–Trinajstić information content (AvgIpc) is 2.84. The second-order valence-corrected chi connectivity index (χ2v) is 4.31. The molecule has 0 aliphatic rings. The molecule has 1 N–H and O–H groups in total. The van der Waals surface area contributed by atoms with E-state index in [1.807, 2.05) is 43.3 Å². The van der Waals surface area contributed by atoms with Crippen molar-refractivity contribution in [1.29, 1.82) is 0 Å². The van der Waals surface area contributed by atoms with Gasteiger partial charge in [-0.2, -0.15) is 0 Å². The van der Waals surface area contributed by atoms with Crippen LogP contribution in [0.5, 0.6) is 0 Å². The SMILES string of the molecule is Cc1ccc(C(O)c2cnc3ccccc3c2)o1. The van der Waals surface area contributed by atoms with Crippen molar-refractivity contribution in [3.05, 3.63) is 65.7 Å². The Hall–Kier alpha value is -2.13. The van der Waals surface area contributed by atoms with E-state index in [0.29, 0.717) is 5.76 Å². The summed E-state index contributed by atoms with van der Waals surface area (Å²) in [4.78, 5) is 4.33. The van der Waals surface area contributed by atoms with E-state index in [1.54, 1.807) is 12.3 Å². The third kappa shape index (κ3) is 1.89. The normalized spacial score (nSPS) is 12.8. The van der Waals surface area contributed by atoms with Gasteiger partial charge in [0.25, 0.3) is 0 Å². The monoisotopic (exact) mass is 239 g/mol. The number of furan rings is 1. The van der Waals surface area contributed by atoms with E-state index in [0.717, 1.165) is 22.2 Å². The molecular weight excluding hydrogens is 226 g/mol. The summed E-state index contributed by atoms with van der Waals surface area (Å²) in [7, 11) is 0. The van der Waals surface area contributed by atoms with Crippen LogP contribution in [0.15, 0.2) is 53.1 Å². The Morgan fingerprint density at radius 1 is 1.17 bits per heavy atom. The van der Waals surface area contributed by atoms with Crippen LogP contribution in [-0.4, -0.2) is 10.1 Å². The average molecular weight is 239 g/mol. The number of aliphatic hydroxyl groups is 1. The maximum atomic E-state index is 10.2. The quantitative estimate of drug-likeness (QED) is 0.746. The molecule has 90 valence electrons. The van der Waals surface area contributed by atoms with Gasteiger partial charge in [0.05, 0.1) is 5.52 Å². The maximum absolute atomic E-state index is 10.2. The second kappa shape index (κ2) is 4.27. The summed E-state index contributed by atoms with van der Waals surface area (Å²) < 4.78 is 5.43. The number of aliphatic hydroxyl groups excluding tert-OH is 1. The van der Waals surface area contributed by atoms with Crippen molar-refractivity contribution in [1.82, 2.24) is 4.98 Å². The molecule has 1 aromatic carbocycles. The molecule has 0 spiro atoms. The molecule has 1 unspecified atom stereocenters. The van der Waals surface area contributed by atoms with Crippen LogP contribution in [0.25, 0.3) is 10.9 Å². The topological polar surface area (TPSA) is 46.3 Å². The van der Waals surface area contributed by atoms with Crippen molar-refractivity contribution in [2.75, 3.05) is 0 Å². The van der Waals surface area contributed by atoms with Crippen molar-refractivity contribution in [2.24, 2.45) is 0 Å². The summed E-state index contributed by atoms with van der Waals surface area (Å²) in [6.45, 7) is 1.86. The minimum Gasteiger partial charge on any atom is -0.463 e. The number of benzene rings is 1. The summed E-state index contributed by atoms with van der Waals surface area (Å²) in [6, 6.07) is 13.4. The Kier molecular flexibility index (Phi) is 2.61. The number of fused-ring (bicyclic) bond motifs is 1. The molecule has 3 rings (SSSR count). The molecule has 0 amide bonds. The lowest BCUT2D eigenvalue weighted by molar-refractivity contribution is 0.187. The van der Waals surface area contributed by atoms with Crippen molar-refractivity contribution in [2.45, 2.75) is 13.0 Å². The number of nitrogens with zero attached hydrogens (tertiary/aromatic N) is 1. The molecule has 3 aromatic rings. The zero-order chi connectivity index (χ0) is 12.5. The van der Waals surface area contributed by atoms with Crippen molar-refractivity contribution in [3.63, 3.8) is 0 Å². The molecule has 0 bridgehead atoms. The summed E-state index contributed by atoms with van der Waals surface area (Å²) >= 11 is 0. The molecule has 3 heteroatoms. The number of hydrogen-bond acceptors (Lipinski definition) is 3. The lowest BCUT2D eigenvalue weighted by atomic mass is 10.1. The predicted octanol–water partition coefficient (Wildman–Crippen LogP) is 3.22. The number of rotatable bonds is 2. The first kappa shape index (κ1) is 11.0. The summed E-state index contributed by atoms with van der Waals surface area (Å²) in [5.41, 5.74) is 1.66. The molecular formula is C15H13NO2. The highest BCUT2D eigenvalue weighted by atomic mass is 16.4. The standard InChI is InChI=1S/C15H13NO2/c1-10-6-7-14(18-10)15(17)12-8-11-4-2-3-5-13(11)16-9-12/h2-9,15,17H,1H3. The number of aryl methyl sites for hydroxylation is 1. The number of hydrogen-bond donors (Lipinski definition) is 1. The third-order valence-electron chi connectivity index (χ3n) is 2.96. The fourth-order valence-corrected chi connectivity index (χ4v) is 2.00. The molecule has 0 saturated carbocycles. The van der Waals surface area contributed by atoms with Crippen molar-refractivity contribution in [3.8, 4) is 0 Å². The van der Waals surface area contributed by atoms with Gasteiger partial charge < -0.3 is 9.52 Å². The first-order chi connectivity index (χ1) is 8.74. The molecule has 0 saturated heterocycles. The molecule has 0 aliphatic heterocycles. The highest BCUT2D eigenvalue weighted by Crippen LogP contribution is 2.25. The van der Waals surface area contributed by atoms with E-state index in [1.165, 1.54) is 0 Å². The molecule has 2 heterocycles. The van der Waals surface area contributed by atoms with Gasteiger partial charge in [-0.1, -0.05) is 18.2 Å². The van der Waals surface area contributed by atoms with Gasteiger partial charge in [-0.15, -0.1) is 0 Å². The zero-order valence-corrected chi connectivity index (χ0v) is 10.00. The van der Waals surface area contributed by atoms with E-state index in [4.69, 9.17) is 4.42 Å². The van der Waals surface area contributed by atoms with Crippen LogP contribution in [0.1, 0.15) is 23.2 Å². The molecule has 3 nitrogen and oxygen atoms in total. The van der Waals surface area contributed by atoms with Crippen LogP contribution < -0.4 is 0 Å². The highest BCUT2D eigenvalue weighted by molar-refractivity contribution is 5.78. The van der Waals surface area contributed by atoms with E-state index >= 15 is 0 Å². The van der Waals surface area contributed by atoms with E-state index in [9.17, 15) is 5.11 Å². The molecule has 18 heavy (non-hydrogen) atoms. The van der Waals surface area contributed by atoms with Gasteiger partial charge in [0.15, 0.2) is 0 Å². The largest absolute Gasteiger partial charge is 0.463 e. The molecule has 0 radical (unpaired) electrons. The van der Waals surface area contributed by atoms with Gasteiger partial charge in [0, 0.05) is 17.1 Å². The smallest absolute Gasteiger partial charge is 0.138 e. The molecule has 0 aliphatic carbocycles. The highest BCUT2D eigenvalue weighted by Gasteiger charge is 2.14. The molecule has 0 fully saturated rings. The van der Waals surface area contributed by atoms with Gasteiger partial charge in [0.1, 0.15) is 17.6 Å². The Bertz CT molecular complexity index is 688. The number of aromatic nitrogens is 1. The van der Waals surface area contributed by atoms with Gasteiger partial charge in [0.2, 0.25) is 0 Å². The van der Waals surface area contributed by atoms with Crippen LogP contribution in [0.3, 0.4) is 0 Å². The van der Waals surface area contributed by atoms with E-state index < -0.39 is 6.10 Å². The predicted molar refractivity (Wildman–Crippen MR) is 69.2 cm³/mol. The fourth-order valence-electron chi connectivity index (χ4n) is 2.00. The van der Waals surface area contributed by atoms with Crippen LogP contribution in [0.2, 0.25) is 0 Å². The van der Waals surface area contributed by atoms with E-state index in [2.05, 4.69) is 4.98 Å². The summed E-state index contributed by atoms with van der Waals surface area (Å²) in [5, 5.41) is 11.2. The Morgan fingerprint density at radius 3 is 2.78 bits per heavy atom. The molecule has 2 aromatic heterocycles. The van der Waals surface area contributed by atoms with Gasteiger partial charge in [-0.05, 0) is 31.2 Å². The van der Waals surface area contributed by atoms with Crippen LogP contribution in [0.4, 0.5) is 0 Å². The fraction of sp³-hybridized carbons (Fsp3) is 0.133. The zero-order valence-electron chi connectivity index (χ0n) is 10.00. The summed E-state index contributed by atoms with van der Waals surface area (Å²) in [6.07, 6.45) is 0.918. The first-order valence-corrected chi connectivity index (χ1v) is 5.83. The molecule has 1 atom stereocenters. The van der Waals surface area contributed by atoms with E-state index in [-0.39, 0.29) is 0 Å². The van der Waals surface area contributed by atoms with Gasteiger partial charge in [-0.25, -0.2) is 0 Å². The lowest BCUT2D eigenvalue weighted by Crippen LogP contribution is -1.98. The second-order valence-electron chi connectivity index (χ2n) is 4.31. The van der Waals surface area contributed by atoms with Crippen LogP contribution in [0, 0.1) is 6.92 Å². The Labute approximate surface area is 105 Å². The van der Waals surface area contributed by atoms with Gasteiger partial charge >= 0.3 is 0 Å². The third-order valence-corrected chi connectivity index (χ3v) is 2.96. The minimum absolute atomic E-state index is 0.546. The van der Waals surface area contributed by atoms with Crippen molar-refractivity contribution >= 4 is 10.9 Å². The van der Waals surface area contributed by atoms with Gasteiger partial charge in [-0.3, -0.25) is 4.98 Å². The van der Waals surface area contributed by atoms with Crippen LogP contribution >= 0.6 is 0 Å². The maximum Gasteiger partial charge on any atom is 0.138 e. The Balaban J connectivity index is 2.03. The number of para-hydroxylation sites is 1.